The highest BCUT2D eigenvalue weighted by Gasteiger charge is 2.41. The second-order valence-corrected chi connectivity index (χ2v) is 10.7. The Hall–Kier alpha value is -2.94. The van der Waals surface area contributed by atoms with Gasteiger partial charge in [-0.15, -0.1) is 0 Å². The Balaban J connectivity index is 1.20. The standard InChI is InChI=1S/C29H36N4O4/c1-2-31-11-12-32(16-27(34)25-13-19-5-3-4-6-21(19)15-30-25)29(36)24-10-7-20(14-26(24)31)28(35)33-22-8-9-23(33)18-37-17-22/h3-7,10,14,22-23,25,27,30,34H,2,8-9,11-13,15-18H2,1H3/t22?,23?,25-,27?/m0/s1. The lowest BCUT2D eigenvalue weighted by Crippen LogP contribution is -2.50. The van der Waals surface area contributed by atoms with Crippen molar-refractivity contribution in [2.24, 2.45) is 0 Å². The number of hydrogen-bond acceptors (Lipinski definition) is 6. The molecule has 2 aromatic rings. The Morgan fingerprint density at radius 1 is 1.08 bits per heavy atom. The van der Waals surface area contributed by atoms with Gasteiger partial charge in [-0.05, 0) is 55.5 Å². The summed E-state index contributed by atoms with van der Waals surface area (Å²) in [6.07, 6.45) is 2.04. The molecule has 37 heavy (non-hydrogen) atoms. The van der Waals surface area contributed by atoms with Crippen molar-refractivity contribution < 1.29 is 19.4 Å². The number of fused-ring (bicyclic) bond motifs is 4. The van der Waals surface area contributed by atoms with Gasteiger partial charge in [0.15, 0.2) is 0 Å². The van der Waals surface area contributed by atoms with E-state index in [0.29, 0.717) is 37.4 Å². The van der Waals surface area contributed by atoms with Crippen molar-refractivity contribution in [3.05, 3.63) is 64.7 Å². The number of benzene rings is 2. The average molecular weight is 505 g/mol. The van der Waals surface area contributed by atoms with Crippen molar-refractivity contribution in [2.75, 3.05) is 44.3 Å². The SMILES string of the molecule is CCN1CCN(CC(O)[C@@H]2Cc3ccccc3CN2)C(=O)c2ccc(C(=O)N3C4CCC3COC4)cc21. The fraction of sp³-hybridized carbons (Fsp3) is 0.517. The third-order valence-corrected chi connectivity index (χ3v) is 8.58. The topological polar surface area (TPSA) is 85.3 Å². The van der Waals surface area contributed by atoms with E-state index in [9.17, 15) is 14.7 Å². The van der Waals surface area contributed by atoms with Gasteiger partial charge in [0.25, 0.3) is 11.8 Å². The summed E-state index contributed by atoms with van der Waals surface area (Å²) in [5.74, 6) is -0.0612. The highest BCUT2D eigenvalue weighted by Crippen LogP contribution is 2.33. The number of aliphatic hydroxyl groups excluding tert-OH is 1. The number of likely N-dealkylation sites (N-methyl/N-ethyl adjacent to an activating group) is 1. The van der Waals surface area contributed by atoms with Crippen LogP contribution < -0.4 is 10.2 Å². The number of ether oxygens (including phenoxy) is 1. The first-order valence-corrected chi connectivity index (χ1v) is 13.6. The van der Waals surface area contributed by atoms with E-state index >= 15 is 0 Å². The molecule has 4 aliphatic rings. The van der Waals surface area contributed by atoms with Crippen LogP contribution in [-0.2, 0) is 17.7 Å². The largest absolute Gasteiger partial charge is 0.390 e. The zero-order valence-corrected chi connectivity index (χ0v) is 21.4. The first-order chi connectivity index (χ1) is 18.0. The van der Waals surface area contributed by atoms with Crippen LogP contribution in [0.3, 0.4) is 0 Å². The number of nitrogens with zero attached hydrogens (tertiary/aromatic N) is 3. The van der Waals surface area contributed by atoms with Crippen LogP contribution in [0.4, 0.5) is 5.69 Å². The lowest BCUT2D eigenvalue weighted by atomic mass is 9.92. The van der Waals surface area contributed by atoms with Crippen LogP contribution in [0.15, 0.2) is 42.5 Å². The Morgan fingerprint density at radius 3 is 2.57 bits per heavy atom. The molecule has 4 aliphatic heterocycles. The molecule has 6 rings (SSSR count). The van der Waals surface area contributed by atoms with E-state index < -0.39 is 6.10 Å². The summed E-state index contributed by atoms with van der Waals surface area (Å²) in [5.41, 5.74) is 4.54. The monoisotopic (exact) mass is 504 g/mol. The maximum Gasteiger partial charge on any atom is 0.256 e. The summed E-state index contributed by atoms with van der Waals surface area (Å²) in [6.45, 7) is 6.18. The molecule has 8 nitrogen and oxygen atoms in total. The quantitative estimate of drug-likeness (QED) is 0.649. The number of aliphatic hydroxyl groups is 1. The molecule has 0 radical (unpaired) electrons. The van der Waals surface area contributed by atoms with E-state index in [4.69, 9.17) is 4.74 Å². The molecule has 4 atom stereocenters. The summed E-state index contributed by atoms with van der Waals surface area (Å²) in [7, 11) is 0. The van der Waals surface area contributed by atoms with Gasteiger partial charge in [0.1, 0.15) is 0 Å². The zero-order chi connectivity index (χ0) is 25.5. The maximum atomic E-state index is 13.7. The van der Waals surface area contributed by atoms with Crippen LogP contribution in [0.1, 0.15) is 51.6 Å². The van der Waals surface area contributed by atoms with Gasteiger partial charge >= 0.3 is 0 Å². The second-order valence-electron chi connectivity index (χ2n) is 10.7. The Bertz CT molecular complexity index is 1170. The molecule has 2 fully saturated rings. The smallest absolute Gasteiger partial charge is 0.256 e. The maximum absolute atomic E-state index is 13.7. The van der Waals surface area contributed by atoms with Crippen LogP contribution in [0.5, 0.6) is 0 Å². The van der Waals surface area contributed by atoms with E-state index in [1.165, 1.54) is 11.1 Å². The summed E-state index contributed by atoms with van der Waals surface area (Å²) >= 11 is 0. The molecule has 0 aromatic heterocycles. The molecular formula is C29H36N4O4. The third kappa shape index (κ3) is 4.51. The molecular weight excluding hydrogens is 468 g/mol. The highest BCUT2D eigenvalue weighted by molar-refractivity contribution is 6.03. The fourth-order valence-corrected chi connectivity index (χ4v) is 6.46. The molecule has 196 valence electrons. The molecule has 4 heterocycles. The number of amides is 2. The van der Waals surface area contributed by atoms with Crippen molar-refractivity contribution in [3.63, 3.8) is 0 Å². The first kappa shape index (κ1) is 24.4. The van der Waals surface area contributed by atoms with Gasteiger partial charge in [-0.25, -0.2) is 0 Å². The normalized spacial score (nSPS) is 25.9. The number of rotatable bonds is 5. The van der Waals surface area contributed by atoms with Crippen molar-refractivity contribution in [3.8, 4) is 0 Å². The second kappa shape index (κ2) is 10.1. The highest BCUT2D eigenvalue weighted by atomic mass is 16.5. The number of β-amino-alcohol motifs (C(OH)–C–C–N with tert-alkyl or cyclic N) is 1. The molecule has 0 saturated carbocycles. The van der Waals surface area contributed by atoms with Crippen LogP contribution in [0.25, 0.3) is 0 Å². The van der Waals surface area contributed by atoms with Gasteiger partial charge in [-0.3, -0.25) is 9.59 Å². The van der Waals surface area contributed by atoms with Crippen molar-refractivity contribution in [2.45, 2.75) is 57.0 Å². The molecule has 2 amide bonds. The minimum absolute atomic E-state index is 0.0299. The predicted molar refractivity (Wildman–Crippen MR) is 141 cm³/mol. The van der Waals surface area contributed by atoms with E-state index in [1.807, 2.05) is 23.1 Å². The lowest BCUT2D eigenvalue weighted by molar-refractivity contribution is -0.00715. The molecule has 2 aromatic carbocycles. The number of anilines is 1. The van der Waals surface area contributed by atoms with Crippen molar-refractivity contribution >= 4 is 17.5 Å². The van der Waals surface area contributed by atoms with Crippen LogP contribution in [0.2, 0.25) is 0 Å². The molecule has 2 N–H and O–H groups in total. The van der Waals surface area contributed by atoms with E-state index in [-0.39, 0.29) is 36.5 Å². The number of carbonyl (C=O) groups is 2. The molecule has 2 bridgehead atoms. The van der Waals surface area contributed by atoms with Gasteiger partial charge in [0.05, 0.1) is 42.7 Å². The van der Waals surface area contributed by atoms with E-state index in [1.54, 1.807) is 17.0 Å². The van der Waals surface area contributed by atoms with Crippen LogP contribution in [0, 0.1) is 0 Å². The lowest BCUT2D eigenvalue weighted by Gasteiger charge is -2.35. The molecule has 3 unspecified atom stereocenters. The predicted octanol–water partition coefficient (Wildman–Crippen LogP) is 2.05. The fourth-order valence-electron chi connectivity index (χ4n) is 6.46. The van der Waals surface area contributed by atoms with E-state index in [2.05, 4.69) is 29.3 Å². The molecule has 2 saturated heterocycles. The minimum atomic E-state index is -0.674. The molecule has 0 aliphatic carbocycles. The minimum Gasteiger partial charge on any atom is -0.390 e. The Morgan fingerprint density at radius 2 is 1.81 bits per heavy atom. The third-order valence-electron chi connectivity index (χ3n) is 8.58. The summed E-state index contributed by atoms with van der Waals surface area (Å²) in [6, 6.07) is 14.0. The Labute approximate surface area is 218 Å². The number of carbonyl (C=O) groups excluding carboxylic acids is 2. The van der Waals surface area contributed by atoms with Crippen molar-refractivity contribution in [1.29, 1.82) is 0 Å². The van der Waals surface area contributed by atoms with Gasteiger partial charge in [-0.1, -0.05) is 24.3 Å². The first-order valence-electron chi connectivity index (χ1n) is 13.6. The van der Waals surface area contributed by atoms with E-state index in [0.717, 1.165) is 38.0 Å². The number of morpholine rings is 1. The summed E-state index contributed by atoms with van der Waals surface area (Å²) in [4.78, 5) is 33.1. The average Bonchev–Trinajstić information content (AvgIpc) is 3.10. The van der Waals surface area contributed by atoms with Crippen LogP contribution >= 0.6 is 0 Å². The number of nitrogens with one attached hydrogen (secondary N) is 1. The Kier molecular flexibility index (Phi) is 6.65. The number of hydrogen-bond donors (Lipinski definition) is 2. The van der Waals surface area contributed by atoms with Gasteiger partial charge in [0, 0.05) is 44.3 Å². The van der Waals surface area contributed by atoms with Crippen molar-refractivity contribution in [1.82, 2.24) is 15.1 Å². The summed E-state index contributed by atoms with van der Waals surface area (Å²) < 4.78 is 5.66. The zero-order valence-electron chi connectivity index (χ0n) is 21.4. The van der Waals surface area contributed by atoms with Gasteiger partial charge in [0.2, 0.25) is 0 Å². The van der Waals surface area contributed by atoms with Gasteiger partial charge < -0.3 is 29.9 Å². The molecule has 8 heteroatoms. The summed E-state index contributed by atoms with van der Waals surface area (Å²) in [5, 5.41) is 14.6. The van der Waals surface area contributed by atoms with Gasteiger partial charge in [-0.2, -0.15) is 0 Å². The molecule has 0 spiro atoms. The van der Waals surface area contributed by atoms with Crippen LogP contribution in [-0.4, -0.2) is 90.3 Å².